The number of hydrogen-bond acceptors (Lipinski definition) is 2. The van der Waals surface area contributed by atoms with Gasteiger partial charge in [-0.3, -0.25) is 0 Å². The van der Waals surface area contributed by atoms with Crippen molar-refractivity contribution in [3.63, 3.8) is 0 Å². The Kier molecular flexibility index (Phi) is 2.54. The standard InChI is InChI=1S/C10H16O3/c11-10(12)9(8-3-4-8)13-6-5-7-1-2-7/h7-9H,1-6H2,(H,11,12). The summed E-state index contributed by atoms with van der Waals surface area (Å²) in [5, 5.41) is 8.84. The molecule has 2 rings (SSSR count). The van der Waals surface area contributed by atoms with Gasteiger partial charge in [0.1, 0.15) is 0 Å². The van der Waals surface area contributed by atoms with E-state index in [1.54, 1.807) is 0 Å². The van der Waals surface area contributed by atoms with Gasteiger partial charge in [0, 0.05) is 6.61 Å². The molecule has 2 saturated carbocycles. The second-order valence-corrected chi connectivity index (χ2v) is 4.20. The van der Waals surface area contributed by atoms with Gasteiger partial charge in [0.25, 0.3) is 0 Å². The van der Waals surface area contributed by atoms with Gasteiger partial charge in [-0.1, -0.05) is 12.8 Å². The molecule has 74 valence electrons. The van der Waals surface area contributed by atoms with Gasteiger partial charge in [0.2, 0.25) is 0 Å². The Balaban J connectivity index is 1.66. The maximum absolute atomic E-state index is 10.7. The van der Waals surface area contributed by atoms with Crippen LogP contribution < -0.4 is 0 Å². The van der Waals surface area contributed by atoms with Crippen molar-refractivity contribution in [2.45, 2.75) is 38.2 Å². The minimum Gasteiger partial charge on any atom is -0.479 e. The van der Waals surface area contributed by atoms with Crippen molar-refractivity contribution in [3.05, 3.63) is 0 Å². The summed E-state index contributed by atoms with van der Waals surface area (Å²) in [5.74, 6) is 0.351. The lowest BCUT2D eigenvalue weighted by Crippen LogP contribution is -2.26. The van der Waals surface area contributed by atoms with Crippen LogP contribution in [0.5, 0.6) is 0 Å². The quantitative estimate of drug-likeness (QED) is 0.683. The minimum absolute atomic E-state index is 0.303. The smallest absolute Gasteiger partial charge is 0.333 e. The van der Waals surface area contributed by atoms with Gasteiger partial charge in [-0.05, 0) is 31.1 Å². The van der Waals surface area contributed by atoms with E-state index in [2.05, 4.69) is 0 Å². The van der Waals surface area contributed by atoms with Crippen LogP contribution in [0.15, 0.2) is 0 Å². The third-order valence-corrected chi connectivity index (χ3v) is 2.81. The highest BCUT2D eigenvalue weighted by Gasteiger charge is 2.37. The molecule has 0 aliphatic heterocycles. The van der Waals surface area contributed by atoms with Gasteiger partial charge in [-0.15, -0.1) is 0 Å². The summed E-state index contributed by atoms with van der Waals surface area (Å²) < 4.78 is 5.38. The van der Waals surface area contributed by atoms with E-state index in [-0.39, 0.29) is 0 Å². The van der Waals surface area contributed by atoms with Crippen molar-refractivity contribution in [2.24, 2.45) is 11.8 Å². The molecule has 2 aliphatic carbocycles. The summed E-state index contributed by atoms with van der Waals surface area (Å²) in [4.78, 5) is 10.7. The lowest BCUT2D eigenvalue weighted by atomic mass is 10.2. The molecule has 0 bridgehead atoms. The van der Waals surface area contributed by atoms with Gasteiger partial charge in [0.05, 0.1) is 0 Å². The van der Waals surface area contributed by atoms with Crippen LogP contribution in [0.25, 0.3) is 0 Å². The molecule has 1 atom stereocenters. The van der Waals surface area contributed by atoms with Crippen molar-refractivity contribution in [3.8, 4) is 0 Å². The van der Waals surface area contributed by atoms with Crippen molar-refractivity contribution in [2.75, 3.05) is 6.61 Å². The first-order valence-corrected chi connectivity index (χ1v) is 5.12. The molecule has 3 heteroatoms. The highest BCUT2D eigenvalue weighted by atomic mass is 16.5. The average molecular weight is 184 g/mol. The van der Waals surface area contributed by atoms with E-state index in [1.807, 2.05) is 0 Å². The summed E-state index contributed by atoms with van der Waals surface area (Å²) in [5.41, 5.74) is 0. The Bertz CT molecular complexity index is 194. The van der Waals surface area contributed by atoms with Gasteiger partial charge < -0.3 is 9.84 Å². The van der Waals surface area contributed by atoms with E-state index >= 15 is 0 Å². The SMILES string of the molecule is O=C(O)C(OCCC1CC1)C1CC1. The molecule has 2 fully saturated rings. The second-order valence-electron chi connectivity index (χ2n) is 4.20. The maximum Gasteiger partial charge on any atom is 0.333 e. The number of carboxylic acids is 1. The zero-order valence-electron chi connectivity index (χ0n) is 7.74. The normalized spacial score (nSPS) is 24.3. The third kappa shape index (κ3) is 2.69. The first-order valence-electron chi connectivity index (χ1n) is 5.12. The van der Waals surface area contributed by atoms with Crippen LogP contribution in [-0.4, -0.2) is 23.8 Å². The van der Waals surface area contributed by atoms with E-state index < -0.39 is 12.1 Å². The fourth-order valence-electron chi connectivity index (χ4n) is 1.58. The summed E-state index contributed by atoms with van der Waals surface area (Å²) in [6.07, 6.45) is 5.21. The topological polar surface area (TPSA) is 46.5 Å². The summed E-state index contributed by atoms with van der Waals surface area (Å²) in [6.45, 7) is 0.637. The van der Waals surface area contributed by atoms with Crippen molar-refractivity contribution in [1.82, 2.24) is 0 Å². The highest BCUT2D eigenvalue weighted by molar-refractivity contribution is 5.73. The predicted molar refractivity (Wildman–Crippen MR) is 47.4 cm³/mol. The molecular formula is C10H16O3. The summed E-state index contributed by atoms with van der Waals surface area (Å²) in [7, 11) is 0. The number of rotatable bonds is 6. The monoisotopic (exact) mass is 184 g/mol. The molecule has 0 saturated heterocycles. The fourth-order valence-corrected chi connectivity index (χ4v) is 1.58. The Hall–Kier alpha value is -0.570. The number of aliphatic carboxylic acids is 1. The van der Waals surface area contributed by atoms with Crippen LogP contribution in [0, 0.1) is 11.8 Å². The molecule has 3 nitrogen and oxygen atoms in total. The molecular weight excluding hydrogens is 168 g/mol. The first kappa shape index (κ1) is 9.00. The lowest BCUT2D eigenvalue weighted by Gasteiger charge is -2.11. The predicted octanol–water partition coefficient (Wildman–Crippen LogP) is 1.67. The average Bonchev–Trinajstić information content (AvgIpc) is 2.90. The summed E-state index contributed by atoms with van der Waals surface area (Å²) in [6, 6.07) is 0. The van der Waals surface area contributed by atoms with Crippen LogP contribution in [0.1, 0.15) is 32.1 Å². The van der Waals surface area contributed by atoms with E-state index in [9.17, 15) is 4.79 Å². The highest BCUT2D eigenvalue weighted by Crippen LogP contribution is 2.36. The minimum atomic E-state index is -0.779. The molecule has 0 heterocycles. The van der Waals surface area contributed by atoms with Crippen LogP contribution in [-0.2, 0) is 9.53 Å². The second kappa shape index (κ2) is 3.66. The molecule has 2 aliphatic rings. The Morgan fingerprint density at radius 2 is 2.08 bits per heavy atom. The van der Waals surface area contributed by atoms with Crippen molar-refractivity contribution >= 4 is 5.97 Å². The molecule has 0 amide bonds. The van der Waals surface area contributed by atoms with E-state index in [4.69, 9.17) is 9.84 Å². The Morgan fingerprint density at radius 1 is 1.38 bits per heavy atom. The number of hydrogen-bond donors (Lipinski definition) is 1. The molecule has 0 aromatic carbocycles. The van der Waals surface area contributed by atoms with E-state index in [0.717, 1.165) is 25.2 Å². The van der Waals surface area contributed by atoms with Crippen LogP contribution in [0.4, 0.5) is 0 Å². The van der Waals surface area contributed by atoms with Gasteiger partial charge in [-0.25, -0.2) is 4.79 Å². The molecule has 0 spiro atoms. The van der Waals surface area contributed by atoms with Crippen molar-refractivity contribution in [1.29, 1.82) is 0 Å². The molecule has 13 heavy (non-hydrogen) atoms. The van der Waals surface area contributed by atoms with Crippen molar-refractivity contribution < 1.29 is 14.6 Å². The molecule has 0 radical (unpaired) electrons. The maximum atomic E-state index is 10.7. The third-order valence-electron chi connectivity index (χ3n) is 2.81. The largest absolute Gasteiger partial charge is 0.479 e. The summed E-state index contributed by atoms with van der Waals surface area (Å²) >= 11 is 0. The molecule has 0 aromatic rings. The number of ether oxygens (including phenoxy) is 1. The zero-order chi connectivity index (χ0) is 9.26. The fraction of sp³-hybridized carbons (Fsp3) is 0.900. The molecule has 1 N–H and O–H groups in total. The van der Waals surface area contributed by atoms with Crippen LogP contribution in [0.2, 0.25) is 0 Å². The first-order chi connectivity index (χ1) is 6.27. The molecule has 0 aromatic heterocycles. The van der Waals surface area contributed by atoms with E-state index in [1.165, 1.54) is 12.8 Å². The van der Waals surface area contributed by atoms with Crippen LogP contribution >= 0.6 is 0 Å². The Labute approximate surface area is 78.1 Å². The van der Waals surface area contributed by atoms with Gasteiger partial charge >= 0.3 is 5.97 Å². The van der Waals surface area contributed by atoms with E-state index in [0.29, 0.717) is 12.5 Å². The van der Waals surface area contributed by atoms with Gasteiger partial charge in [0.15, 0.2) is 6.10 Å². The Morgan fingerprint density at radius 3 is 2.54 bits per heavy atom. The zero-order valence-corrected chi connectivity index (χ0v) is 7.74. The van der Waals surface area contributed by atoms with Crippen LogP contribution in [0.3, 0.4) is 0 Å². The molecule has 1 unspecified atom stereocenters. The lowest BCUT2D eigenvalue weighted by molar-refractivity contribution is -0.152. The van der Waals surface area contributed by atoms with Gasteiger partial charge in [-0.2, -0.15) is 0 Å². The number of carbonyl (C=O) groups is 1. The number of carboxylic acid groups (broad SMARTS) is 1.